The van der Waals surface area contributed by atoms with Crippen LogP contribution < -0.4 is 0 Å². The number of halogens is 1. The van der Waals surface area contributed by atoms with Gasteiger partial charge in [-0.15, -0.1) is 0 Å². The lowest BCUT2D eigenvalue weighted by atomic mass is 9.73. The van der Waals surface area contributed by atoms with Gasteiger partial charge in [0.25, 0.3) is 0 Å². The van der Waals surface area contributed by atoms with Crippen LogP contribution in [0.2, 0.25) is 0 Å². The number of pyridine rings is 1. The summed E-state index contributed by atoms with van der Waals surface area (Å²) in [6, 6.07) is 1.92. The summed E-state index contributed by atoms with van der Waals surface area (Å²) < 4.78 is 39.2. The smallest absolute Gasteiger partial charge is 0.141 e. The minimum atomic E-state index is -1.78. The average molecular weight is 434 g/mol. The molecule has 0 bridgehead atoms. The van der Waals surface area contributed by atoms with Crippen LogP contribution in [0.15, 0.2) is 35.4 Å². The standard InChI is InChI=1S/C25H26FN5O/c1-14-22(15(2)32-30-14)18-6-21-23(27-9-18)20(13-31(21)12-16-7-25(3,26)8-16)19-10-28-24(29-11-19)17-4-5-17/h6,9-11,13,16-17H,4-5,7-8,12H2,1-3H3/i12D2. The molecular weight excluding hydrogens is 405 g/mol. The van der Waals surface area contributed by atoms with Crippen molar-refractivity contribution >= 4 is 11.0 Å². The third-order valence-corrected chi connectivity index (χ3v) is 6.55. The predicted octanol–water partition coefficient (Wildman–Crippen LogP) is 5.78. The Bertz CT molecular complexity index is 1380. The first-order valence-corrected chi connectivity index (χ1v) is 11.1. The number of hydrogen-bond donors (Lipinski definition) is 0. The molecule has 0 atom stereocenters. The van der Waals surface area contributed by atoms with Crippen molar-refractivity contribution in [2.45, 2.75) is 64.5 Å². The Morgan fingerprint density at radius 1 is 1.16 bits per heavy atom. The summed E-state index contributed by atoms with van der Waals surface area (Å²) in [5.74, 6) is 1.56. The van der Waals surface area contributed by atoms with Crippen LogP contribution in [-0.2, 0) is 6.50 Å². The van der Waals surface area contributed by atoms with E-state index in [1.807, 2.05) is 19.9 Å². The van der Waals surface area contributed by atoms with Gasteiger partial charge in [0.2, 0.25) is 0 Å². The Labute approximate surface area is 188 Å². The molecule has 0 spiro atoms. The van der Waals surface area contributed by atoms with Crippen molar-refractivity contribution in [2.24, 2.45) is 5.92 Å². The Morgan fingerprint density at radius 2 is 1.88 bits per heavy atom. The number of hydrogen-bond acceptors (Lipinski definition) is 5. The Balaban J connectivity index is 1.51. The monoisotopic (exact) mass is 433 g/mol. The number of alkyl halides is 1. The maximum absolute atomic E-state index is 14.3. The fourth-order valence-corrected chi connectivity index (χ4v) is 4.74. The molecule has 2 saturated carbocycles. The zero-order chi connectivity index (χ0) is 23.8. The van der Waals surface area contributed by atoms with E-state index < -0.39 is 18.1 Å². The molecule has 2 fully saturated rings. The molecule has 0 aliphatic heterocycles. The second kappa shape index (κ2) is 6.95. The third-order valence-electron chi connectivity index (χ3n) is 6.55. The van der Waals surface area contributed by atoms with E-state index in [1.54, 1.807) is 29.4 Å². The second-order valence-electron chi connectivity index (χ2n) is 9.46. The van der Waals surface area contributed by atoms with Crippen molar-refractivity contribution in [3.8, 4) is 22.3 Å². The highest BCUT2D eigenvalue weighted by atomic mass is 19.1. The highest BCUT2D eigenvalue weighted by Crippen LogP contribution is 2.43. The van der Waals surface area contributed by atoms with Crippen LogP contribution in [0, 0.1) is 19.8 Å². The van der Waals surface area contributed by atoms with Gasteiger partial charge in [0, 0.05) is 59.5 Å². The molecule has 4 aromatic rings. The summed E-state index contributed by atoms with van der Waals surface area (Å²) in [6.07, 6.45) is 9.75. The van der Waals surface area contributed by atoms with Crippen LogP contribution in [0.1, 0.15) is 58.5 Å². The Morgan fingerprint density at radius 3 is 2.50 bits per heavy atom. The molecule has 4 heterocycles. The van der Waals surface area contributed by atoms with E-state index in [4.69, 9.17) is 12.2 Å². The van der Waals surface area contributed by atoms with E-state index in [9.17, 15) is 4.39 Å². The number of aromatic nitrogens is 5. The molecule has 0 aromatic carbocycles. The summed E-state index contributed by atoms with van der Waals surface area (Å²) >= 11 is 0. The molecule has 6 nitrogen and oxygen atoms in total. The zero-order valence-corrected chi connectivity index (χ0v) is 18.4. The molecule has 2 aliphatic rings. The van der Waals surface area contributed by atoms with Crippen molar-refractivity contribution in [3.63, 3.8) is 0 Å². The lowest BCUT2D eigenvalue weighted by Crippen LogP contribution is -2.38. The first kappa shape index (κ1) is 17.5. The zero-order valence-electron chi connectivity index (χ0n) is 20.4. The van der Waals surface area contributed by atoms with Crippen molar-refractivity contribution in [1.82, 2.24) is 24.7 Å². The average Bonchev–Trinajstić information content (AvgIpc) is 3.48. The molecule has 2 aliphatic carbocycles. The van der Waals surface area contributed by atoms with Gasteiger partial charge in [0.1, 0.15) is 17.3 Å². The van der Waals surface area contributed by atoms with Crippen LogP contribution in [0.3, 0.4) is 0 Å². The molecule has 4 aromatic heterocycles. The van der Waals surface area contributed by atoms with Crippen molar-refractivity contribution in [3.05, 3.63) is 48.1 Å². The van der Waals surface area contributed by atoms with Gasteiger partial charge in [-0.25, -0.2) is 14.4 Å². The van der Waals surface area contributed by atoms with E-state index in [-0.39, 0.29) is 12.8 Å². The van der Waals surface area contributed by atoms with E-state index in [0.29, 0.717) is 22.7 Å². The molecule has 0 unspecified atom stereocenters. The maximum Gasteiger partial charge on any atom is 0.141 e. The summed E-state index contributed by atoms with van der Waals surface area (Å²) in [6.45, 7) is 3.47. The van der Waals surface area contributed by atoms with E-state index >= 15 is 0 Å². The van der Waals surface area contributed by atoms with Crippen LogP contribution >= 0.6 is 0 Å². The number of rotatable bonds is 5. The van der Waals surface area contributed by atoms with Crippen molar-refractivity contribution in [1.29, 1.82) is 0 Å². The van der Waals surface area contributed by atoms with Gasteiger partial charge in [-0.05, 0) is 58.4 Å². The number of aryl methyl sites for hydroxylation is 2. The van der Waals surface area contributed by atoms with Gasteiger partial charge in [-0.2, -0.15) is 0 Å². The second-order valence-corrected chi connectivity index (χ2v) is 9.46. The maximum atomic E-state index is 14.3. The number of nitrogens with zero attached hydrogens (tertiary/aromatic N) is 5. The molecule has 32 heavy (non-hydrogen) atoms. The van der Waals surface area contributed by atoms with Gasteiger partial charge < -0.3 is 9.09 Å². The van der Waals surface area contributed by atoms with E-state index in [0.717, 1.165) is 46.6 Å². The summed E-state index contributed by atoms with van der Waals surface area (Å²) in [7, 11) is 0. The van der Waals surface area contributed by atoms with E-state index in [2.05, 4.69) is 15.1 Å². The van der Waals surface area contributed by atoms with Gasteiger partial charge >= 0.3 is 0 Å². The van der Waals surface area contributed by atoms with Gasteiger partial charge in [-0.1, -0.05) is 5.16 Å². The molecule has 0 saturated heterocycles. The fraction of sp³-hybridized carbons (Fsp3) is 0.440. The molecule has 7 heteroatoms. The quantitative estimate of drug-likeness (QED) is 0.399. The molecule has 0 N–H and O–H groups in total. The Hall–Kier alpha value is -3.09. The van der Waals surface area contributed by atoms with Crippen LogP contribution in [-0.4, -0.2) is 30.3 Å². The van der Waals surface area contributed by atoms with Crippen LogP contribution in [0.25, 0.3) is 33.3 Å². The summed E-state index contributed by atoms with van der Waals surface area (Å²) in [5.41, 5.74) is 3.91. The van der Waals surface area contributed by atoms with Gasteiger partial charge in [0.15, 0.2) is 0 Å². The largest absolute Gasteiger partial charge is 0.361 e. The number of fused-ring (bicyclic) bond motifs is 1. The van der Waals surface area contributed by atoms with E-state index in [1.165, 1.54) is 6.92 Å². The molecule has 6 rings (SSSR count). The minimum absolute atomic E-state index is 0.186. The highest BCUT2D eigenvalue weighted by molar-refractivity contribution is 5.94. The Kier molecular flexibility index (Phi) is 3.80. The lowest BCUT2D eigenvalue weighted by Gasteiger charge is -2.39. The lowest BCUT2D eigenvalue weighted by molar-refractivity contribution is 0.0178. The first-order chi connectivity index (χ1) is 16.1. The van der Waals surface area contributed by atoms with Crippen molar-refractivity contribution in [2.75, 3.05) is 0 Å². The van der Waals surface area contributed by atoms with Gasteiger partial charge in [-0.3, -0.25) is 4.98 Å². The molecule has 0 radical (unpaired) electrons. The van der Waals surface area contributed by atoms with Crippen LogP contribution in [0.4, 0.5) is 4.39 Å². The molecule has 164 valence electrons. The predicted molar refractivity (Wildman–Crippen MR) is 120 cm³/mol. The highest BCUT2D eigenvalue weighted by Gasteiger charge is 2.40. The minimum Gasteiger partial charge on any atom is -0.361 e. The summed E-state index contributed by atoms with van der Waals surface area (Å²) in [5, 5.41) is 4.05. The normalized spacial score (nSPS) is 24.3. The SMILES string of the molecule is [2H]C([2H])(C1CC(C)(F)C1)n1cc(-c2cnc(C3CC3)nc2)c2ncc(-c3c(C)noc3C)cc21. The molecular formula is C25H26FN5O. The summed E-state index contributed by atoms with van der Waals surface area (Å²) in [4.78, 5) is 13.8. The van der Waals surface area contributed by atoms with Gasteiger partial charge in [0.05, 0.1) is 19.5 Å². The topological polar surface area (TPSA) is 69.6 Å². The van der Waals surface area contributed by atoms with Crippen LogP contribution in [0.5, 0.6) is 0 Å². The molecule has 0 amide bonds. The third kappa shape index (κ3) is 3.31. The fourth-order valence-electron chi connectivity index (χ4n) is 4.74. The first-order valence-electron chi connectivity index (χ1n) is 12.1. The van der Waals surface area contributed by atoms with Crippen molar-refractivity contribution < 1.29 is 11.7 Å².